The number of amides is 1. The zero-order valence-corrected chi connectivity index (χ0v) is 18.8. The van der Waals surface area contributed by atoms with Gasteiger partial charge in [-0.3, -0.25) is 4.79 Å². The Morgan fingerprint density at radius 2 is 1.77 bits per heavy atom. The molecule has 3 rings (SSSR count). The molecule has 2 aromatic carbocycles. The van der Waals surface area contributed by atoms with E-state index in [9.17, 15) is 9.59 Å². The molecule has 0 saturated carbocycles. The van der Waals surface area contributed by atoms with E-state index in [0.717, 1.165) is 28.5 Å². The molecule has 1 N–H and O–H groups in total. The van der Waals surface area contributed by atoms with E-state index >= 15 is 0 Å². The summed E-state index contributed by atoms with van der Waals surface area (Å²) in [5.41, 5.74) is 4.19. The summed E-state index contributed by atoms with van der Waals surface area (Å²) in [6.07, 6.45) is 3.63. The maximum Gasteiger partial charge on any atom is 0.337 e. The van der Waals surface area contributed by atoms with Crippen molar-refractivity contribution < 1.29 is 19.1 Å². The van der Waals surface area contributed by atoms with E-state index in [1.807, 2.05) is 31.3 Å². The molecule has 1 heterocycles. The van der Waals surface area contributed by atoms with Crippen molar-refractivity contribution in [3.8, 4) is 5.75 Å². The highest BCUT2D eigenvalue weighted by Crippen LogP contribution is 2.29. The Morgan fingerprint density at radius 3 is 2.45 bits per heavy atom. The molecule has 6 heteroatoms. The first kappa shape index (κ1) is 22.4. The molecule has 0 fully saturated rings. The lowest BCUT2D eigenvalue weighted by Gasteiger charge is -2.10. The Kier molecular flexibility index (Phi) is 7.00. The number of rotatable bonds is 8. The number of fused-ring (bicyclic) bond motifs is 1. The summed E-state index contributed by atoms with van der Waals surface area (Å²) in [5.74, 6) is 0.715. The molecule has 0 aliphatic carbocycles. The Hall–Kier alpha value is -3.28. The van der Waals surface area contributed by atoms with Gasteiger partial charge in [0.15, 0.2) is 0 Å². The van der Waals surface area contributed by atoms with Crippen LogP contribution in [0.15, 0.2) is 42.6 Å². The number of hydrogen-bond acceptors (Lipinski definition) is 4. The molecule has 1 amide bonds. The van der Waals surface area contributed by atoms with E-state index in [0.29, 0.717) is 35.8 Å². The standard InChI is InChI=1S/C25H30N2O4/c1-16(2)10-11-26-24(28)18-8-9-22-21(13-18)20(15-27(22)3)12-17-6-7-19(25(29)31-5)14-23(17)30-4/h6-9,13-16H,10-12H2,1-5H3,(H,26,28). The van der Waals surface area contributed by atoms with Crippen LogP contribution in [0.25, 0.3) is 10.9 Å². The zero-order chi connectivity index (χ0) is 22.5. The summed E-state index contributed by atoms with van der Waals surface area (Å²) >= 11 is 0. The number of aromatic nitrogens is 1. The number of esters is 1. The quantitative estimate of drug-likeness (QED) is 0.548. The number of carbonyl (C=O) groups is 2. The highest BCUT2D eigenvalue weighted by atomic mass is 16.5. The van der Waals surface area contributed by atoms with Crippen LogP contribution in [0.3, 0.4) is 0 Å². The normalized spacial score (nSPS) is 11.0. The van der Waals surface area contributed by atoms with Crippen LogP contribution in [0.4, 0.5) is 0 Å². The molecule has 0 atom stereocenters. The Bertz CT molecular complexity index is 1100. The summed E-state index contributed by atoms with van der Waals surface area (Å²) in [5, 5.41) is 4.03. The van der Waals surface area contributed by atoms with Crippen LogP contribution in [-0.2, 0) is 18.2 Å². The summed E-state index contributed by atoms with van der Waals surface area (Å²) in [6, 6.07) is 11.1. The minimum absolute atomic E-state index is 0.0580. The number of methoxy groups -OCH3 is 2. The molecule has 0 aliphatic rings. The maximum absolute atomic E-state index is 12.6. The molecule has 0 saturated heterocycles. The minimum Gasteiger partial charge on any atom is -0.496 e. The van der Waals surface area contributed by atoms with Gasteiger partial charge in [-0.2, -0.15) is 0 Å². The fourth-order valence-corrected chi connectivity index (χ4v) is 3.67. The van der Waals surface area contributed by atoms with Crippen molar-refractivity contribution in [1.82, 2.24) is 9.88 Å². The fourth-order valence-electron chi connectivity index (χ4n) is 3.67. The second kappa shape index (κ2) is 9.69. The van der Waals surface area contributed by atoms with E-state index in [-0.39, 0.29) is 5.91 Å². The van der Waals surface area contributed by atoms with Crippen LogP contribution in [0.5, 0.6) is 5.75 Å². The van der Waals surface area contributed by atoms with Crippen LogP contribution in [0.2, 0.25) is 0 Å². The maximum atomic E-state index is 12.6. The Morgan fingerprint density at radius 1 is 1.03 bits per heavy atom. The number of benzene rings is 2. The van der Waals surface area contributed by atoms with Crippen molar-refractivity contribution in [1.29, 1.82) is 0 Å². The van der Waals surface area contributed by atoms with Crippen molar-refractivity contribution in [2.45, 2.75) is 26.7 Å². The lowest BCUT2D eigenvalue weighted by Crippen LogP contribution is -2.25. The first-order valence-corrected chi connectivity index (χ1v) is 10.5. The lowest BCUT2D eigenvalue weighted by atomic mass is 10.0. The van der Waals surface area contributed by atoms with Gasteiger partial charge in [0.1, 0.15) is 5.75 Å². The second-order valence-corrected chi connectivity index (χ2v) is 8.13. The topological polar surface area (TPSA) is 69.6 Å². The Labute approximate surface area is 183 Å². The molecular weight excluding hydrogens is 392 g/mol. The van der Waals surface area contributed by atoms with Gasteiger partial charge in [-0.05, 0) is 53.8 Å². The van der Waals surface area contributed by atoms with Gasteiger partial charge in [0.05, 0.1) is 19.8 Å². The molecule has 0 spiro atoms. The third kappa shape index (κ3) is 5.08. The first-order chi connectivity index (χ1) is 14.8. The van der Waals surface area contributed by atoms with Crippen LogP contribution < -0.4 is 10.1 Å². The highest BCUT2D eigenvalue weighted by molar-refractivity contribution is 5.99. The van der Waals surface area contributed by atoms with Crippen molar-refractivity contribution in [3.63, 3.8) is 0 Å². The third-order valence-electron chi connectivity index (χ3n) is 5.43. The van der Waals surface area contributed by atoms with E-state index in [1.54, 1.807) is 19.2 Å². The molecule has 1 aromatic heterocycles. The van der Waals surface area contributed by atoms with Gasteiger partial charge in [0, 0.05) is 42.7 Å². The summed E-state index contributed by atoms with van der Waals surface area (Å²) in [6.45, 7) is 4.95. The number of ether oxygens (including phenoxy) is 2. The molecule has 31 heavy (non-hydrogen) atoms. The van der Waals surface area contributed by atoms with Crippen LogP contribution >= 0.6 is 0 Å². The van der Waals surface area contributed by atoms with Gasteiger partial charge in [0.2, 0.25) is 0 Å². The summed E-state index contributed by atoms with van der Waals surface area (Å²) in [7, 11) is 4.93. The lowest BCUT2D eigenvalue weighted by molar-refractivity contribution is 0.0600. The predicted molar refractivity (Wildman–Crippen MR) is 122 cm³/mol. The molecule has 3 aromatic rings. The number of nitrogens with zero attached hydrogens (tertiary/aromatic N) is 1. The van der Waals surface area contributed by atoms with E-state index < -0.39 is 5.97 Å². The van der Waals surface area contributed by atoms with E-state index in [2.05, 4.69) is 29.9 Å². The van der Waals surface area contributed by atoms with Crippen LogP contribution in [0, 0.1) is 5.92 Å². The fraction of sp³-hybridized carbons (Fsp3) is 0.360. The molecule has 0 unspecified atom stereocenters. The summed E-state index contributed by atoms with van der Waals surface area (Å²) in [4.78, 5) is 24.4. The number of carbonyl (C=O) groups excluding carboxylic acids is 2. The van der Waals surface area contributed by atoms with Crippen LogP contribution in [0.1, 0.15) is 52.1 Å². The predicted octanol–water partition coefficient (Wildman–Crippen LogP) is 4.34. The average Bonchev–Trinajstić information content (AvgIpc) is 3.07. The summed E-state index contributed by atoms with van der Waals surface area (Å²) < 4.78 is 12.4. The third-order valence-corrected chi connectivity index (χ3v) is 5.43. The number of aryl methyl sites for hydroxylation is 1. The van der Waals surface area contributed by atoms with Gasteiger partial charge >= 0.3 is 5.97 Å². The van der Waals surface area contributed by atoms with Gasteiger partial charge in [0.25, 0.3) is 5.91 Å². The van der Waals surface area contributed by atoms with E-state index in [1.165, 1.54) is 7.11 Å². The van der Waals surface area contributed by atoms with Gasteiger partial charge < -0.3 is 19.4 Å². The smallest absolute Gasteiger partial charge is 0.337 e. The van der Waals surface area contributed by atoms with Gasteiger partial charge in [-0.25, -0.2) is 4.79 Å². The molecule has 0 bridgehead atoms. The average molecular weight is 423 g/mol. The SMILES string of the molecule is COC(=O)c1ccc(Cc2cn(C)c3ccc(C(=O)NCCC(C)C)cc23)c(OC)c1. The molecule has 0 aliphatic heterocycles. The largest absolute Gasteiger partial charge is 0.496 e. The first-order valence-electron chi connectivity index (χ1n) is 10.5. The van der Waals surface area contributed by atoms with Crippen LogP contribution in [-0.4, -0.2) is 37.2 Å². The van der Waals surface area contributed by atoms with E-state index in [4.69, 9.17) is 9.47 Å². The minimum atomic E-state index is -0.400. The molecule has 6 nitrogen and oxygen atoms in total. The second-order valence-electron chi connectivity index (χ2n) is 8.13. The number of nitrogens with one attached hydrogen (secondary N) is 1. The van der Waals surface area contributed by atoms with Crippen molar-refractivity contribution in [2.75, 3.05) is 20.8 Å². The van der Waals surface area contributed by atoms with Gasteiger partial charge in [-0.15, -0.1) is 0 Å². The van der Waals surface area contributed by atoms with Crippen molar-refractivity contribution in [2.24, 2.45) is 13.0 Å². The molecule has 0 radical (unpaired) electrons. The van der Waals surface area contributed by atoms with Crippen molar-refractivity contribution in [3.05, 3.63) is 64.8 Å². The van der Waals surface area contributed by atoms with Crippen molar-refractivity contribution >= 4 is 22.8 Å². The van der Waals surface area contributed by atoms with Gasteiger partial charge in [-0.1, -0.05) is 19.9 Å². The zero-order valence-electron chi connectivity index (χ0n) is 18.8. The Balaban J connectivity index is 1.90. The monoisotopic (exact) mass is 422 g/mol. The molecular formula is C25H30N2O4. The molecule has 164 valence electrons. The highest BCUT2D eigenvalue weighted by Gasteiger charge is 2.15. The number of hydrogen-bond donors (Lipinski definition) is 1.